The highest BCUT2D eigenvalue weighted by molar-refractivity contribution is 9.10. The average Bonchev–Trinajstić information content (AvgIpc) is 2.44. The minimum atomic E-state index is -0.276. The van der Waals surface area contributed by atoms with E-state index in [4.69, 9.17) is 9.47 Å². The van der Waals surface area contributed by atoms with E-state index < -0.39 is 0 Å². The molecule has 1 atom stereocenters. The summed E-state index contributed by atoms with van der Waals surface area (Å²) in [5.74, 6) is 0. The highest BCUT2D eigenvalue weighted by atomic mass is 79.9. The molecule has 4 heteroatoms. The number of hydrogen-bond donors (Lipinski definition) is 1. The Morgan fingerprint density at radius 3 is 2.26 bits per heavy atom. The molecule has 0 saturated heterocycles. The summed E-state index contributed by atoms with van der Waals surface area (Å²) < 4.78 is 11.6. The van der Waals surface area contributed by atoms with E-state index in [2.05, 4.69) is 39.4 Å². The van der Waals surface area contributed by atoms with Crippen molar-refractivity contribution in [2.24, 2.45) is 0 Å². The maximum atomic E-state index is 5.28. The first-order valence-corrected chi connectivity index (χ1v) is 6.96. The fraction of sp³-hybridized carbons (Fsp3) is 0.333. The lowest BCUT2D eigenvalue weighted by Gasteiger charge is -2.24. The molecule has 19 heavy (non-hydrogen) atoms. The lowest BCUT2D eigenvalue weighted by atomic mass is 10.1. The van der Waals surface area contributed by atoms with Crippen LogP contribution in [0.5, 0.6) is 0 Å². The van der Waals surface area contributed by atoms with Crippen LogP contribution in [0.15, 0.2) is 40.9 Å². The van der Waals surface area contributed by atoms with Crippen molar-refractivity contribution in [1.29, 1.82) is 0 Å². The zero-order chi connectivity index (χ0) is 13.8. The summed E-state index contributed by atoms with van der Waals surface area (Å²) in [4.78, 5) is 0. The molecule has 0 aliphatic heterocycles. The molecule has 2 rings (SSSR count). The van der Waals surface area contributed by atoms with Gasteiger partial charge >= 0.3 is 0 Å². The van der Waals surface area contributed by atoms with Crippen LogP contribution in [-0.2, 0) is 9.47 Å². The Labute approximate surface area is 122 Å². The molecule has 2 aromatic carbocycles. The number of rotatable bonds is 5. The highest BCUT2D eigenvalue weighted by Crippen LogP contribution is 2.30. The number of benzene rings is 2. The van der Waals surface area contributed by atoms with Gasteiger partial charge in [-0.1, -0.05) is 40.2 Å². The summed E-state index contributed by atoms with van der Waals surface area (Å²) >= 11 is 3.58. The van der Waals surface area contributed by atoms with Gasteiger partial charge in [0.2, 0.25) is 0 Å². The SMILES string of the molecule is COC(OC)C(C)Nc1ccc(Br)c2ccccc12. The smallest absolute Gasteiger partial charge is 0.176 e. The first-order valence-electron chi connectivity index (χ1n) is 6.16. The summed E-state index contributed by atoms with van der Waals surface area (Å²) in [5.41, 5.74) is 1.07. The number of methoxy groups -OCH3 is 2. The Morgan fingerprint density at radius 2 is 1.63 bits per heavy atom. The lowest BCUT2D eigenvalue weighted by Crippen LogP contribution is -2.33. The van der Waals surface area contributed by atoms with E-state index in [1.54, 1.807) is 14.2 Å². The van der Waals surface area contributed by atoms with Crippen LogP contribution in [0.25, 0.3) is 10.8 Å². The minimum absolute atomic E-state index is 0.0552. The van der Waals surface area contributed by atoms with Crippen LogP contribution >= 0.6 is 15.9 Å². The van der Waals surface area contributed by atoms with Gasteiger partial charge in [0.1, 0.15) is 0 Å². The predicted octanol–water partition coefficient (Wildman–Crippen LogP) is 4.02. The van der Waals surface area contributed by atoms with Crippen molar-refractivity contribution in [3.63, 3.8) is 0 Å². The van der Waals surface area contributed by atoms with Gasteiger partial charge in [-0.15, -0.1) is 0 Å². The molecule has 0 aromatic heterocycles. The third-order valence-electron chi connectivity index (χ3n) is 3.13. The van der Waals surface area contributed by atoms with Crippen molar-refractivity contribution >= 4 is 32.4 Å². The summed E-state index contributed by atoms with van der Waals surface area (Å²) in [6.45, 7) is 2.04. The molecule has 2 aromatic rings. The standard InChI is InChI=1S/C15H18BrNO2/c1-10(15(18-2)19-3)17-14-9-8-13(16)11-6-4-5-7-12(11)14/h4-10,15,17H,1-3H3. The third-order valence-corrected chi connectivity index (χ3v) is 3.82. The number of halogens is 1. The molecule has 3 nitrogen and oxygen atoms in total. The molecule has 0 fully saturated rings. The fourth-order valence-corrected chi connectivity index (χ4v) is 2.68. The van der Waals surface area contributed by atoms with Crippen molar-refractivity contribution < 1.29 is 9.47 Å². The number of fused-ring (bicyclic) bond motifs is 1. The molecular weight excluding hydrogens is 306 g/mol. The second-order valence-electron chi connectivity index (χ2n) is 4.41. The molecule has 1 N–H and O–H groups in total. The summed E-state index contributed by atoms with van der Waals surface area (Å²) in [6, 6.07) is 12.4. The molecule has 0 aliphatic rings. The molecule has 0 heterocycles. The van der Waals surface area contributed by atoms with E-state index in [9.17, 15) is 0 Å². The average molecular weight is 324 g/mol. The van der Waals surface area contributed by atoms with Gasteiger partial charge in [0.15, 0.2) is 6.29 Å². The largest absolute Gasteiger partial charge is 0.377 e. The monoisotopic (exact) mass is 323 g/mol. The van der Waals surface area contributed by atoms with Crippen LogP contribution in [0.3, 0.4) is 0 Å². The quantitative estimate of drug-likeness (QED) is 0.843. The topological polar surface area (TPSA) is 30.5 Å². The van der Waals surface area contributed by atoms with E-state index in [1.165, 1.54) is 10.8 Å². The number of ether oxygens (including phenoxy) is 2. The summed E-state index contributed by atoms with van der Waals surface area (Å²) in [5, 5.41) is 5.81. The number of anilines is 1. The van der Waals surface area contributed by atoms with Crippen LogP contribution < -0.4 is 5.32 Å². The molecule has 0 spiro atoms. The first-order chi connectivity index (χ1) is 9.17. The van der Waals surface area contributed by atoms with Gasteiger partial charge in [-0.2, -0.15) is 0 Å². The zero-order valence-electron chi connectivity index (χ0n) is 11.3. The summed E-state index contributed by atoms with van der Waals surface area (Å²) in [6.07, 6.45) is -0.276. The Bertz CT molecular complexity index is 555. The minimum Gasteiger partial charge on any atom is -0.377 e. The van der Waals surface area contributed by atoms with Gasteiger partial charge in [0.25, 0.3) is 0 Å². The maximum absolute atomic E-state index is 5.28. The van der Waals surface area contributed by atoms with Crippen LogP contribution in [-0.4, -0.2) is 26.6 Å². The molecule has 1 unspecified atom stereocenters. The van der Waals surface area contributed by atoms with Crippen molar-refractivity contribution in [2.75, 3.05) is 19.5 Å². The molecular formula is C15H18BrNO2. The number of hydrogen-bond acceptors (Lipinski definition) is 3. The van der Waals surface area contributed by atoms with Gasteiger partial charge in [-0.05, 0) is 24.4 Å². The first kappa shape index (κ1) is 14.3. The van der Waals surface area contributed by atoms with E-state index in [1.807, 2.05) is 25.1 Å². The van der Waals surface area contributed by atoms with Gasteiger partial charge in [0, 0.05) is 29.8 Å². The molecule has 0 radical (unpaired) electrons. The highest BCUT2D eigenvalue weighted by Gasteiger charge is 2.16. The van der Waals surface area contributed by atoms with Gasteiger partial charge < -0.3 is 14.8 Å². The van der Waals surface area contributed by atoms with Gasteiger partial charge in [0.05, 0.1) is 6.04 Å². The molecule has 0 bridgehead atoms. The Kier molecular flexibility index (Phi) is 4.80. The molecule has 0 saturated carbocycles. The van der Waals surface area contributed by atoms with E-state index in [0.29, 0.717) is 0 Å². The van der Waals surface area contributed by atoms with Crippen LogP contribution in [0, 0.1) is 0 Å². The Balaban J connectivity index is 2.33. The van der Waals surface area contributed by atoms with Crippen molar-refractivity contribution in [2.45, 2.75) is 19.3 Å². The Morgan fingerprint density at radius 1 is 1.00 bits per heavy atom. The van der Waals surface area contributed by atoms with E-state index in [-0.39, 0.29) is 12.3 Å². The van der Waals surface area contributed by atoms with Crippen LogP contribution in [0.1, 0.15) is 6.92 Å². The van der Waals surface area contributed by atoms with E-state index in [0.717, 1.165) is 10.2 Å². The fourth-order valence-electron chi connectivity index (χ4n) is 2.21. The molecule has 102 valence electrons. The molecule has 0 aliphatic carbocycles. The van der Waals surface area contributed by atoms with Crippen LogP contribution in [0.4, 0.5) is 5.69 Å². The normalized spacial score (nSPS) is 12.9. The van der Waals surface area contributed by atoms with Gasteiger partial charge in [-0.25, -0.2) is 0 Å². The van der Waals surface area contributed by atoms with Gasteiger partial charge in [-0.3, -0.25) is 0 Å². The summed E-state index contributed by atoms with van der Waals surface area (Å²) in [7, 11) is 3.29. The third kappa shape index (κ3) is 3.08. The second-order valence-corrected chi connectivity index (χ2v) is 5.27. The van der Waals surface area contributed by atoms with Crippen molar-refractivity contribution in [3.05, 3.63) is 40.9 Å². The zero-order valence-corrected chi connectivity index (χ0v) is 12.9. The Hall–Kier alpha value is -1.10. The van der Waals surface area contributed by atoms with E-state index >= 15 is 0 Å². The maximum Gasteiger partial charge on any atom is 0.176 e. The second kappa shape index (κ2) is 6.37. The van der Waals surface area contributed by atoms with Crippen molar-refractivity contribution in [1.82, 2.24) is 0 Å². The predicted molar refractivity (Wildman–Crippen MR) is 82.5 cm³/mol. The number of nitrogens with one attached hydrogen (secondary N) is 1. The van der Waals surface area contributed by atoms with Crippen LogP contribution in [0.2, 0.25) is 0 Å². The lowest BCUT2D eigenvalue weighted by molar-refractivity contribution is -0.109. The molecule has 0 amide bonds. The van der Waals surface area contributed by atoms with Crippen molar-refractivity contribution in [3.8, 4) is 0 Å².